The highest BCUT2D eigenvalue weighted by molar-refractivity contribution is 5.80. The maximum absolute atomic E-state index is 10.8. The summed E-state index contributed by atoms with van der Waals surface area (Å²) in [6.07, 6.45) is 2.10. The van der Waals surface area contributed by atoms with E-state index in [-0.39, 0.29) is 0 Å². The van der Waals surface area contributed by atoms with Crippen molar-refractivity contribution in [2.75, 3.05) is 0 Å². The maximum atomic E-state index is 10.8. The van der Waals surface area contributed by atoms with E-state index < -0.39 is 11.5 Å². The number of aliphatic carboxylic acids is 1. The normalized spacial score (nSPS) is 15.3. The highest BCUT2D eigenvalue weighted by Crippen LogP contribution is 2.23. The van der Waals surface area contributed by atoms with Crippen LogP contribution in [0.2, 0.25) is 0 Å². The first-order chi connectivity index (χ1) is 6.00. The molecule has 13 heavy (non-hydrogen) atoms. The van der Waals surface area contributed by atoms with E-state index in [0.29, 0.717) is 17.7 Å². The van der Waals surface area contributed by atoms with E-state index in [1.54, 1.807) is 6.07 Å². The van der Waals surface area contributed by atoms with Crippen molar-refractivity contribution in [2.45, 2.75) is 25.8 Å². The number of furan rings is 1. The van der Waals surface area contributed by atoms with Crippen LogP contribution < -0.4 is 5.73 Å². The number of rotatable bonds is 3. The number of aryl methyl sites for hydroxylation is 1. The Morgan fingerprint density at radius 2 is 2.38 bits per heavy atom. The molecule has 1 atom stereocenters. The molecule has 0 fully saturated rings. The van der Waals surface area contributed by atoms with Crippen LogP contribution in [0.3, 0.4) is 0 Å². The molecule has 0 saturated carbocycles. The highest BCUT2D eigenvalue weighted by Gasteiger charge is 2.33. The zero-order chi connectivity index (χ0) is 10.1. The fourth-order valence-corrected chi connectivity index (χ4v) is 1.19. The predicted octanol–water partition coefficient (Wildman–Crippen LogP) is 1.10. The van der Waals surface area contributed by atoms with Gasteiger partial charge in [-0.25, -0.2) is 4.79 Å². The quantitative estimate of drug-likeness (QED) is 0.735. The van der Waals surface area contributed by atoms with E-state index in [4.69, 9.17) is 15.3 Å². The van der Waals surface area contributed by atoms with Gasteiger partial charge in [0.05, 0.1) is 6.26 Å². The van der Waals surface area contributed by atoms with Gasteiger partial charge in [-0.1, -0.05) is 6.92 Å². The second kappa shape index (κ2) is 3.22. The van der Waals surface area contributed by atoms with Crippen molar-refractivity contribution in [1.29, 1.82) is 0 Å². The van der Waals surface area contributed by atoms with E-state index in [1.165, 1.54) is 13.2 Å². The lowest BCUT2D eigenvalue weighted by Crippen LogP contribution is -2.42. The molecule has 0 aliphatic heterocycles. The molecule has 0 aliphatic rings. The van der Waals surface area contributed by atoms with Crippen molar-refractivity contribution in [3.05, 3.63) is 23.7 Å². The smallest absolute Gasteiger partial charge is 0.328 e. The number of carbonyl (C=O) groups is 1. The monoisotopic (exact) mass is 183 g/mol. The third-order valence-electron chi connectivity index (χ3n) is 2.07. The Balaban J connectivity index is 3.13. The summed E-state index contributed by atoms with van der Waals surface area (Å²) >= 11 is 0. The molecule has 0 unspecified atom stereocenters. The van der Waals surface area contributed by atoms with Crippen LogP contribution in [0.1, 0.15) is 25.2 Å². The van der Waals surface area contributed by atoms with Crippen LogP contribution in [-0.4, -0.2) is 11.1 Å². The summed E-state index contributed by atoms with van der Waals surface area (Å²) in [5.41, 5.74) is 4.82. The molecule has 1 aromatic rings. The van der Waals surface area contributed by atoms with Crippen molar-refractivity contribution in [1.82, 2.24) is 0 Å². The third kappa shape index (κ3) is 1.58. The first-order valence-electron chi connectivity index (χ1n) is 4.09. The minimum atomic E-state index is -1.36. The van der Waals surface area contributed by atoms with E-state index in [0.717, 1.165) is 0 Å². The molecule has 0 amide bonds. The molecular formula is C9H13NO3. The van der Waals surface area contributed by atoms with Gasteiger partial charge >= 0.3 is 5.97 Å². The molecule has 0 aromatic carbocycles. The Bertz CT molecular complexity index is 314. The summed E-state index contributed by atoms with van der Waals surface area (Å²) in [7, 11) is 0. The van der Waals surface area contributed by atoms with Crippen LogP contribution in [0.5, 0.6) is 0 Å². The van der Waals surface area contributed by atoms with Crippen LogP contribution in [0, 0.1) is 0 Å². The van der Waals surface area contributed by atoms with E-state index in [2.05, 4.69) is 0 Å². The first kappa shape index (κ1) is 9.80. The van der Waals surface area contributed by atoms with E-state index in [1.807, 2.05) is 6.92 Å². The fourth-order valence-electron chi connectivity index (χ4n) is 1.19. The average Bonchev–Trinajstić information content (AvgIpc) is 2.51. The molecule has 4 heteroatoms. The second-order valence-electron chi connectivity index (χ2n) is 3.12. The van der Waals surface area contributed by atoms with Gasteiger partial charge in [0.1, 0.15) is 11.3 Å². The van der Waals surface area contributed by atoms with Gasteiger partial charge in [-0.3, -0.25) is 0 Å². The summed E-state index contributed by atoms with van der Waals surface area (Å²) in [4.78, 5) is 10.8. The summed E-state index contributed by atoms with van der Waals surface area (Å²) in [6, 6.07) is 1.60. The predicted molar refractivity (Wildman–Crippen MR) is 47.3 cm³/mol. The second-order valence-corrected chi connectivity index (χ2v) is 3.12. The van der Waals surface area contributed by atoms with Crippen molar-refractivity contribution in [2.24, 2.45) is 5.73 Å². The van der Waals surface area contributed by atoms with Crippen LogP contribution in [0.4, 0.5) is 0 Å². The summed E-state index contributed by atoms with van der Waals surface area (Å²) in [5.74, 6) is -0.420. The number of carboxylic acids is 1. The zero-order valence-corrected chi connectivity index (χ0v) is 7.70. The Labute approximate surface area is 76.3 Å². The average molecular weight is 183 g/mol. The van der Waals surface area contributed by atoms with Crippen LogP contribution in [-0.2, 0) is 16.8 Å². The number of carboxylic acid groups (broad SMARTS) is 1. The van der Waals surface area contributed by atoms with Gasteiger partial charge in [-0.05, 0) is 13.0 Å². The fraction of sp³-hybridized carbons (Fsp3) is 0.444. The lowest BCUT2D eigenvalue weighted by atomic mass is 9.93. The Morgan fingerprint density at radius 3 is 2.85 bits per heavy atom. The summed E-state index contributed by atoms with van der Waals surface area (Å²) < 4.78 is 5.11. The van der Waals surface area contributed by atoms with Gasteiger partial charge in [0.25, 0.3) is 0 Å². The standard InChI is InChI=1S/C9H13NO3/c1-3-7-6(4-5-13-7)9(2,10)8(11)12/h4-5H,3,10H2,1-2H3,(H,11,12)/t9-/m1/s1. The number of hydrogen-bond donors (Lipinski definition) is 2. The zero-order valence-electron chi connectivity index (χ0n) is 7.70. The number of hydrogen-bond acceptors (Lipinski definition) is 3. The van der Waals surface area contributed by atoms with Gasteiger partial charge < -0.3 is 15.3 Å². The molecule has 0 saturated heterocycles. The molecule has 0 spiro atoms. The van der Waals surface area contributed by atoms with Gasteiger partial charge in [-0.15, -0.1) is 0 Å². The van der Waals surface area contributed by atoms with Crippen molar-refractivity contribution in [3.8, 4) is 0 Å². The summed E-state index contributed by atoms with van der Waals surface area (Å²) in [6.45, 7) is 3.35. The molecule has 4 nitrogen and oxygen atoms in total. The maximum Gasteiger partial charge on any atom is 0.328 e. The van der Waals surface area contributed by atoms with Gasteiger partial charge in [-0.2, -0.15) is 0 Å². The molecule has 3 N–H and O–H groups in total. The molecule has 1 aromatic heterocycles. The van der Waals surface area contributed by atoms with E-state index >= 15 is 0 Å². The van der Waals surface area contributed by atoms with Crippen molar-refractivity contribution >= 4 is 5.97 Å². The van der Waals surface area contributed by atoms with Gasteiger partial charge in [0.15, 0.2) is 0 Å². The first-order valence-corrected chi connectivity index (χ1v) is 4.09. The van der Waals surface area contributed by atoms with Crippen LogP contribution in [0.15, 0.2) is 16.7 Å². The minimum Gasteiger partial charge on any atom is -0.480 e. The lowest BCUT2D eigenvalue weighted by Gasteiger charge is -2.18. The summed E-state index contributed by atoms with van der Waals surface area (Å²) in [5, 5.41) is 8.87. The molecule has 1 heterocycles. The topological polar surface area (TPSA) is 76.5 Å². The molecular weight excluding hydrogens is 170 g/mol. The van der Waals surface area contributed by atoms with Gasteiger partial charge in [0, 0.05) is 12.0 Å². The molecule has 0 bridgehead atoms. The molecule has 1 rings (SSSR count). The third-order valence-corrected chi connectivity index (χ3v) is 2.07. The van der Waals surface area contributed by atoms with E-state index in [9.17, 15) is 4.79 Å². The minimum absolute atomic E-state index is 0.544. The van der Waals surface area contributed by atoms with Crippen LogP contribution in [0.25, 0.3) is 0 Å². The SMILES string of the molecule is CCc1occc1[C@@](C)(N)C(=O)O. The Morgan fingerprint density at radius 1 is 1.77 bits per heavy atom. The van der Waals surface area contributed by atoms with Crippen LogP contribution >= 0.6 is 0 Å². The number of nitrogens with two attached hydrogens (primary N) is 1. The van der Waals surface area contributed by atoms with Crippen molar-refractivity contribution < 1.29 is 14.3 Å². The largest absolute Gasteiger partial charge is 0.480 e. The van der Waals surface area contributed by atoms with Crippen molar-refractivity contribution in [3.63, 3.8) is 0 Å². The molecule has 0 radical (unpaired) electrons. The highest BCUT2D eigenvalue weighted by atomic mass is 16.4. The van der Waals surface area contributed by atoms with Gasteiger partial charge in [0.2, 0.25) is 0 Å². The Kier molecular flexibility index (Phi) is 2.43. The Hall–Kier alpha value is -1.29. The lowest BCUT2D eigenvalue weighted by molar-refractivity contribution is -0.143. The molecule has 0 aliphatic carbocycles. The molecule has 72 valence electrons.